The number of aryl methyl sites for hydroxylation is 1. The molecule has 0 saturated carbocycles. The Kier molecular flexibility index (Phi) is 6.66. The predicted octanol–water partition coefficient (Wildman–Crippen LogP) is 2.78. The highest BCUT2D eigenvalue weighted by Gasteiger charge is 2.27. The minimum Gasteiger partial charge on any atom is -0.459 e. The summed E-state index contributed by atoms with van der Waals surface area (Å²) in [6.45, 7) is 3.61. The van der Waals surface area contributed by atoms with Gasteiger partial charge in [-0.1, -0.05) is 6.42 Å². The second kappa shape index (κ2) is 9.87. The molecule has 0 bridgehead atoms. The predicted molar refractivity (Wildman–Crippen MR) is 130 cm³/mol. The Bertz CT molecular complexity index is 1300. The maximum atomic E-state index is 13.0. The van der Waals surface area contributed by atoms with Gasteiger partial charge in [-0.2, -0.15) is 4.31 Å². The Balaban J connectivity index is 1.18. The summed E-state index contributed by atoms with van der Waals surface area (Å²) in [7, 11) is -3.48. The van der Waals surface area contributed by atoms with Crippen LogP contribution >= 0.6 is 0 Å². The maximum absolute atomic E-state index is 13.0. The summed E-state index contributed by atoms with van der Waals surface area (Å²) in [5.41, 5.74) is 0.907. The number of carbonyl (C=O) groups excluding carboxylic acids is 2. The molecule has 5 rings (SSSR count). The highest BCUT2D eigenvalue weighted by atomic mass is 32.2. The lowest BCUT2D eigenvalue weighted by atomic mass is 10.2. The van der Waals surface area contributed by atoms with Gasteiger partial charge >= 0.3 is 0 Å². The lowest BCUT2D eigenvalue weighted by molar-refractivity contribution is -0.132. The third kappa shape index (κ3) is 4.85. The summed E-state index contributed by atoms with van der Waals surface area (Å²) in [5.74, 6) is 0.208. The zero-order valence-electron chi connectivity index (χ0n) is 19.6. The van der Waals surface area contributed by atoms with Crippen molar-refractivity contribution in [2.24, 2.45) is 0 Å². The Morgan fingerprint density at radius 1 is 0.886 bits per heavy atom. The van der Waals surface area contributed by atoms with Crippen molar-refractivity contribution in [3.63, 3.8) is 0 Å². The van der Waals surface area contributed by atoms with E-state index in [1.54, 1.807) is 38.4 Å². The van der Waals surface area contributed by atoms with Gasteiger partial charge in [-0.15, -0.1) is 0 Å². The van der Waals surface area contributed by atoms with Crippen LogP contribution in [0.4, 0.5) is 0 Å². The van der Waals surface area contributed by atoms with Crippen molar-refractivity contribution in [3.05, 3.63) is 54.6 Å². The number of rotatable bonds is 6. The Hall–Kier alpha value is -3.11. The van der Waals surface area contributed by atoms with Crippen LogP contribution in [0.3, 0.4) is 0 Å². The van der Waals surface area contributed by atoms with Gasteiger partial charge < -0.3 is 18.8 Å². The van der Waals surface area contributed by atoms with E-state index >= 15 is 0 Å². The molecule has 1 aromatic carbocycles. The Morgan fingerprint density at radius 3 is 2.34 bits per heavy atom. The first-order chi connectivity index (χ1) is 16.9. The lowest BCUT2D eigenvalue weighted by Crippen LogP contribution is -2.50. The molecule has 186 valence electrons. The smallest absolute Gasteiger partial charge is 0.289 e. The molecule has 0 aliphatic carbocycles. The third-order valence-electron chi connectivity index (χ3n) is 6.91. The fourth-order valence-electron chi connectivity index (χ4n) is 4.88. The SMILES string of the molecule is O=C(CCn1ccc2cc(S(=O)(=O)N3CCCCC3)ccc21)N1CCN(C(=O)c2ccco2)CC1. The highest BCUT2D eigenvalue weighted by Crippen LogP contribution is 2.25. The fraction of sp³-hybridized carbons (Fsp3) is 0.440. The molecule has 2 saturated heterocycles. The number of benzene rings is 1. The van der Waals surface area contributed by atoms with Gasteiger partial charge in [0, 0.05) is 69.3 Å². The average molecular weight is 499 g/mol. The van der Waals surface area contributed by atoms with Gasteiger partial charge in [0.2, 0.25) is 15.9 Å². The van der Waals surface area contributed by atoms with E-state index < -0.39 is 10.0 Å². The summed E-state index contributed by atoms with van der Waals surface area (Å²) >= 11 is 0. The van der Waals surface area contributed by atoms with Crippen molar-refractivity contribution in [3.8, 4) is 0 Å². The number of hydrogen-bond donors (Lipinski definition) is 0. The molecule has 35 heavy (non-hydrogen) atoms. The first-order valence-electron chi connectivity index (χ1n) is 12.1. The quantitative estimate of drug-likeness (QED) is 0.521. The number of nitrogens with zero attached hydrogens (tertiary/aromatic N) is 4. The summed E-state index contributed by atoms with van der Waals surface area (Å²) < 4.78 is 34.7. The van der Waals surface area contributed by atoms with Gasteiger partial charge in [0.15, 0.2) is 5.76 Å². The van der Waals surface area contributed by atoms with Crippen molar-refractivity contribution in [2.45, 2.75) is 37.1 Å². The molecule has 3 aromatic rings. The molecule has 10 heteroatoms. The van der Waals surface area contributed by atoms with Crippen LogP contribution in [0.2, 0.25) is 0 Å². The molecule has 0 radical (unpaired) electrons. The summed E-state index contributed by atoms with van der Waals surface area (Å²) in [6, 6.07) is 10.5. The van der Waals surface area contributed by atoms with Crippen LogP contribution in [-0.2, 0) is 21.4 Å². The van der Waals surface area contributed by atoms with Crippen molar-refractivity contribution in [1.29, 1.82) is 0 Å². The number of aromatic nitrogens is 1. The average Bonchev–Trinajstić information content (AvgIpc) is 3.57. The minimum absolute atomic E-state index is 0.0428. The molecule has 2 amide bonds. The Labute approximate surface area is 204 Å². The van der Waals surface area contributed by atoms with E-state index in [0.717, 1.165) is 30.2 Å². The molecule has 0 N–H and O–H groups in total. The van der Waals surface area contributed by atoms with Crippen LogP contribution in [0, 0.1) is 0 Å². The minimum atomic E-state index is -3.48. The van der Waals surface area contributed by atoms with Crippen molar-refractivity contribution >= 4 is 32.7 Å². The van der Waals surface area contributed by atoms with E-state index in [-0.39, 0.29) is 11.8 Å². The van der Waals surface area contributed by atoms with E-state index in [9.17, 15) is 18.0 Å². The van der Waals surface area contributed by atoms with Gasteiger partial charge in [0.25, 0.3) is 5.91 Å². The number of furan rings is 1. The van der Waals surface area contributed by atoms with Crippen LogP contribution in [-0.4, -0.2) is 78.2 Å². The lowest BCUT2D eigenvalue weighted by Gasteiger charge is -2.34. The first-order valence-corrected chi connectivity index (χ1v) is 13.6. The topological polar surface area (TPSA) is 96.1 Å². The van der Waals surface area contributed by atoms with Gasteiger partial charge in [-0.3, -0.25) is 9.59 Å². The monoisotopic (exact) mass is 498 g/mol. The van der Waals surface area contributed by atoms with E-state index in [2.05, 4.69) is 0 Å². The van der Waals surface area contributed by atoms with Crippen LogP contribution < -0.4 is 0 Å². The first kappa shape index (κ1) is 23.6. The van der Waals surface area contributed by atoms with Crippen molar-refractivity contribution in [1.82, 2.24) is 18.7 Å². The standard InChI is InChI=1S/C25H30N4O5S/c30-24(27-14-16-28(17-15-27)25(31)23-5-4-18-34-23)9-13-26-12-8-20-19-21(6-7-22(20)26)35(32,33)29-10-2-1-3-11-29/h4-8,12,18-19H,1-3,9-11,13-17H2. The number of carbonyl (C=O) groups is 2. The fourth-order valence-corrected chi connectivity index (χ4v) is 6.43. The van der Waals surface area contributed by atoms with Crippen LogP contribution in [0.25, 0.3) is 10.9 Å². The second-order valence-corrected chi connectivity index (χ2v) is 11.0. The van der Waals surface area contributed by atoms with E-state index in [1.165, 1.54) is 6.26 Å². The summed E-state index contributed by atoms with van der Waals surface area (Å²) in [5, 5.41) is 0.848. The normalized spacial score (nSPS) is 17.7. The molecule has 2 fully saturated rings. The number of piperidine rings is 1. The van der Waals surface area contributed by atoms with Crippen molar-refractivity contribution in [2.75, 3.05) is 39.3 Å². The maximum Gasteiger partial charge on any atom is 0.289 e. The van der Waals surface area contributed by atoms with Crippen LogP contribution in [0.1, 0.15) is 36.2 Å². The van der Waals surface area contributed by atoms with Crippen molar-refractivity contribution < 1.29 is 22.4 Å². The number of hydrogen-bond acceptors (Lipinski definition) is 5. The van der Waals surface area contributed by atoms with Crippen LogP contribution in [0.5, 0.6) is 0 Å². The molecule has 0 unspecified atom stereocenters. The van der Waals surface area contributed by atoms with Gasteiger partial charge in [-0.25, -0.2) is 8.42 Å². The number of amides is 2. The van der Waals surface area contributed by atoms with Gasteiger partial charge in [0.1, 0.15) is 0 Å². The van der Waals surface area contributed by atoms with Gasteiger partial charge in [0.05, 0.1) is 11.2 Å². The zero-order chi connectivity index (χ0) is 24.4. The third-order valence-corrected chi connectivity index (χ3v) is 8.81. The number of sulfonamides is 1. The largest absolute Gasteiger partial charge is 0.459 e. The molecule has 2 aromatic heterocycles. The molecular formula is C25H30N4O5S. The molecule has 2 aliphatic heterocycles. The van der Waals surface area contributed by atoms with E-state index in [4.69, 9.17) is 4.42 Å². The summed E-state index contributed by atoms with van der Waals surface area (Å²) in [4.78, 5) is 29.0. The molecule has 4 heterocycles. The molecule has 0 spiro atoms. The molecule has 0 atom stereocenters. The molecule has 2 aliphatic rings. The number of piperazine rings is 1. The second-order valence-electron chi connectivity index (χ2n) is 9.09. The summed E-state index contributed by atoms with van der Waals surface area (Å²) in [6.07, 6.45) is 6.60. The zero-order valence-corrected chi connectivity index (χ0v) is 20.5. The molecular weight excluding hydrogens is 468 g/mol. The van der Waals surface area contributed by atoms with E-state index in [1.807, 2.05) is 22.9 Å². The highest BCUT2D eigenvalue weighted by molar-refractivity contribution is 7.89. The van der Waals surface area contributed by atoms with Crippen LogP contribution in [0.15, 0.2) is 58.2 Å². The number of fused-ring (bicyclic) bond motifs is 1. The molecule has 9 nitrogen and oxygen atoms in total. The van der Waals surface area contributed by atoms with Gasteiger partial charge in [-0.05, 0) is 49.2 Å². The Morgan fingerprint density at radius 2 is 1.63 bits per heavy atom. The van der Waals surface area contributed by atoms with E-state index in [0.29, 0.717) is 62.9 Å².